The molecule has 0 bridgehead atoms. The Kier molecular flexibility index (Phi) is 5.75. The number of urea groups is 1. The molecular weight excluding hydrogens is 330 g/mol. The quantitative estimate of drug-likeness (QED) is 0.846. The average molecular weight is 345 g/mol. The van der Waals surface area contributed by atoms with Crippen LogP contribution in [-0.2, 0) is 13.5 Å². The van der Waals surface area contributed by atoms with Crippen molar-refractivity contribution in [3.8, 4) is 5.75 Å². The summed E-state index contributed by atoms with van der Waals surface area (Å²) in [6, 6.07) is 5.36. The lowest BCUT2D eigenvalue weighted by atomic mass is 10.3. The molecule has 0 fully saturated rings. The van der Waals surface area contributed by atoms with Crippen LogP contribution in [0.1, 0.15) is 5.69 Å². The van der Waals surface area contributed by atoms with Crippen LogP contribution in [0.4, 0.5) is 19.3 Å². The fourth-order valence-electron chi connectivity index (χ4n) is 1.86. The van der Waals surface area contributed by atoms with Crippen molar-refractivity contribution < 1.29 is 18.3 Å². The van der Waals surface area contributed by atoms with E-state index in [2.05, 4.69) is 20.5 Å². The summed E-state index contributed by atoms with van der Waals surface area (Å²) < 4.78 is 30.7. The molecule has 124 valence electrons. The predicted molar refractivity (Wildman–Crippen MR) is 82.0 cm³/mol. The number of hydrogen-bond donors (Lipinski definition) is 2. The Morgan fingerprint density at radius 3 is 2.87 bits per heavy atom. The van der Waals surface area contributed by atoms with Gasteiger partial charge in [-0.05, 0) is 18.2 Å². The van der Waals surface area contributed by atoms with Crippen LogP contribution in [0.25, 0.3) is 0 Å². The third-order valence-corrected chi connectivity index (χ3v) is 3.08. The molecule has 0 aliphatic carbocycles. The minimum Gasteiger partial charge on any atom is -0.433 e. The van der Waals surface area contributed by atoms with E-state index in [9.17, 15) is 13.6 Å². The smallest absolute Gasteiger partial charge is 0.387 e. The van der Waals surface area contributed by atoms with Crippen LogP contribution in [0.5, 0.6) is 5.75 Å². The first-order chi connectivity index (χ1) is 10.9. The van der Waals surface area contributed by atoms with Gasteiger partial charge in [0.25, 0.3) is 0 Å². The van der Waals surface area contributed by atoms with Gasteiger partial charge in [-0.2, -0.15) is 13.9 Å². The summed E-state index contributed by atoms with van der Waals surface area (Å²) in [4.78, 5) is 11.8. The van der Waals surface area contributed by atoms with E-state index in [1.165, 1.54) is 18.2 Å². The number of benzene rings is 1. The minimum absolute atomic E-state index is 0.102. The van der Waals surface area contributed by atoms with Crippen molar-refractivity contribution in [3.05, 3.63) is 41.2 Å². The van der Waals surface area contributed by atoms with Crippen molar-refractivity contribution in [2.24, 2.45) is 7.05 Å². The van der Waals surface area contributed by atoms with Crippen molar-refractivity contribution >= 4 is 23.3 Å². The SMILES string of the molecule is Cn1ccc(CCNC(=O)Nc2ccc(Cl)cc2OC(F)F)n1. The van der Waals surface area contributed by atoms with Crippen LogP contribution < -0.4 is 15.4 Å². The molecule has 0 spiro atoms. The van der Waals surface area contributed by atoms with Crippen molar-refractivity contribution in [1.82, 2.24) is 15.1 Å². The highest BCUT2D eigenvalue weighted by Crippen LogP contribution is 2.29. The Balaban J connectivity index is 1.89. The first kappa shape index (κ1) is 17.0. The summed E-state index contributed by atoms with van der Waals surface area (Å²) in [6.07, 6.45) is 2.35. The van der Waals surface area contributed by atoms with Crippen LogP contribution in [0.2, 0.25) is 5.02 Å². The second-order valence-electron chi connectivity index (χ2n) is 4.63. The number of alkyl halides is 2. The van der Waals surface area contributed by atoms with Gasteiger partial charge in [-0.25, -0.2) is 4.79 Å². The second-order valence-corrected chi connectivity index (χ2v) is 5.07. The summed E-state index contributed by atoms with van der Waals surface area (Å²) >= 11 is 5.73. The summed E-state index contributed by atoms with van der Waals surface area (Å²) in [5, 5.41) is 9.45. The summed E-state index contributed by atoms with van der Waals surface area (Å²) in [7, 11) is 1.80. The van der Waals surface area contributed by atoms with Crippen LogP contribution in [0.3, 0.4) is 0 Å². The Morgan fingerprint density at radius 1 is 1.43 bits per heavy atom. The molecule has 1 aromatic carbocycles. The summed E-state index contributed by atoms with van der Waals surface area (Å²) in [5.74, 6) is -0.202. The van der Waals surface area contributed by atoms with Gasteiger partial charge in [-0.3, -0.25) is 4.68 Å². The van der Waals surface area contributed by atoms with Crippen molar-refractivity contribution in [3.63, 3.8) is 0 Å². The highest BCUT2D eigenvalue weighted by atomic mass is 35.5. The Bertz CT molecular complexity index is 679. The Labute approximate surface area is 136 Å². The largest absolute Gasteiger partial charge is 0.433 e. The zero-order chi connectivity index (χ0) is 16.8. The molecule has 1 heterocycles. The van der Waals surface area contributed by atoms with E-state index in [-0.39, 0.29) is 16.5 Å². The van der Waals surface area contributed by atoms with Crippen LogP contribution in [0, 0.1) is 0 Å². The molecule has 0 aliphatic heterocycles. The summed E-state index contributed by atoms with van der Waals surface area (Å²) in [6.45, 7) is -2.66. The lowest BCUT2D eigenvalue weighted by molar-refractivity contribution is -0.0493. The van der Waals surface area contributed by atoms with E-state index >= 15 is 0 Å². The van der Waals surface area contributed by atoms with Crippen molar-refractivity contribution in [1.29, 1.82) is 0 Å². The number of anilines is 1. The Morgan fingerprint density at radius 2 is 2.22 bits per heavy atom. The third kappa shape index (κ3) is 5.41. The number of ether oxygens (including phenoxy) is 1. The van der Waals surface area contributed by atoms with E-state index < -0.39 is 12.6 Å². The first-order valence-corrected chi connectivity index (χ1v) is 7.09. The van der Waals surface area contributed by atoms with Crippen LogP contribution in [0.15, 0.2) is 30.5 Å². The Hall–Kier alpha value is -2.35. The second kappa shape index (κ2) is 7.77. The van der Waals surface area contributed by atoms with E-state index in [4.69, 9.17) is 11.6 Å². The average Bonchev–Trinajstić information content (AvgIpc) is 2.87. The molecule has 2 amide bonds. The molecule has 0 aliphatic rings. The number of rotatable bonds is 6. The summed E-state index contributed by atoms with van der Waals surface area (Å²) in [5.41, 5.74) is 0.936. The molecule has 6 nitrogen and oxygen atoms in total. The fourth-order valence-corrected chi connectivity index (χ4v) is 2.02. The van der Waals surface area contributed by atoms with Gasteiger partial charge in [0.05, 0.1) is 11.4 Å². The number of hydrogen-bond acceptors (Lipinski definition) is 3. The molecular formula is C14H15ClF2N4O2. The lowest BCUT2D eigenvalue weighted by Gasteiger charge is -2.12. The molecule has 1 aromatic heterocycles. The van der Waals surface area contributed by atoms with Gasteiger partial charge in [0.1, 0.15) is 0 Å². The molecule has 23 heavy (non-hydrogen) atoms. The van der Waals surface area contributed by atoms with Crippen molar-refractivity contribution in [2.45, 2.75) is 13.0 Å². The molecule has 0 radical (unpaired) electrons. The first-order valence-electron chi connectivity index (χ1n) is 6.72. The van der Waals surface area contributed by atoms with Gasteiger partial charge >= 0.3 is 12.6 Å². The number of halogens is 3. The number of aromatic nitrogens is 2. The number of aryl methyl sites for hydroxylation is 1. The standard InChI is InChI=1S/C14H15ClF2N4O2/c1-21-7-5-10(20-21)4-6-18-14(22)19-11-3-2-9(15)8-12(11)23-13(16)17/h2-3,5,7-8,13H,4,6H2,1H3,(H2,18,19,22). The molecule has 2 N–H and O–H groups in total. The molecule has 0 atom stereocenters. The zero-order valence-corrected chi connectivity index (χ0v) is 13.0. The zero-order valence-electron chi connectivity index (χ0n) is 12.2. The van der Waals surface area contributed by atoms with Gasteiger partial charge in [-0.1, -0.05) is 11.6 Å². The number of amides is 2. The van der Waals surface area contributed by atoms with Crippen LogP contribution in [-0.4, -0.2) is 29.0 Å². The highest BCUT2D eigenvalue weighted by molar-refractivity contribution is 6.30. The lowest BCUT2D eigenvalue weighted by Crippen LogP contribution is -2.30. The molecule has 2 aromatic rings. The molecule has 9 heteroatoms. The maximum Gasteiger partial charge on any atom is 0.387 e. The van der Waals surface area contributed by atoms with E-state index in [0.717, 1.165) is 5.69 Å². The van der Waals surface area contributed by atoms with Gasteiger partial charge in [0.2, 0.25) is 0 Å². The van der Waals surface area contributed by atoms with E-state index in [1.807, 2.05) is 6.07 Å². The number of carbonyl (C=O) groups excluding carboxylic acids is 1. The molecule has 0 unspecified atom stereocenters. The fraction of sp³-hybridized carbons (Fsp3) is 0.286. The van der Waals surface area contributed by atoms with E-state index in [1.54, 1.807) is 17.9 Å². The molecule has 0 saturated carbocycles. The van der Waals surface area contributed by atoms with Gasteiger partial charge in [0.15, 0.2) is 5.75 Å². The van der Waals surface area contributed by atoms with Gasteiger partial charge < -0.3 is 15.4 Å². The van der Waals surface area contributed by atoms with Gasteiger partial charge in [-0.15, -0.1) is 0 Å². The maximum atomic E-state index is 12.4. The van der Waals surface area contributed by atoms with Gasteiger partial charge in [0, 0.05) is 37.3 Å². The third-order valence-electron chi connectivity index (χ3n) is 2.84. The number of nitrogens with zero attached hydrogens (tertiary/aromatic N) is 2. The minimum atomic E-state index is -3.01. The highest BCUT2D eigenvalue weighted by Gasteiger charge is 2.12. The van der Waals surface area contributed by atoms with E-state index in [0.29, 0.717) is 13.0 Å². The topological polar surface area (TPSA) is 68.2 Å². The maximum absolute atomic E-state index is 12.4. The number of nitrogens with one attached hydrogen (secondary N) is 2. The molecule has 0 saturated heterocycles. The van der Waals surface area contributed by atoms with Crippen molar-refractivity contribution in [2.75, 3.05) is 11.9 Å². The normalized spacial score (nSPS) is 10.7. The number of carbonyl (C=O) groups is 1. The predicted octanol–water partition coefficient (Wildman–Crippen LogP) is 3.04. The monoisotopic (exact) mass is 344 g/mol. The van der Waals surface area contributed by atoms with Crippen LogP contribution >= 0.6 is 11.6 Å². The molecule has 2 rings (SSSR count).